The summed E-state index contributed by atoms with van der Waals surface area (Å²) in [6.45, 7) is 2.91. The summed E-state index contributed by atoms with van der Waals surface area (Å²) in [5, 5.41) is 12.4. The zero-order valence-electron chi connectivity index (χ0n) is 14.3. The number of amides is 1. The van der Waals surface area contributed by atoms with Crippen LogP contribution in [0.15, 0.2) is 24.4 Å². The van der Waals surface area contributed by atoms with E-state index < -0.39 is 11.9 Å². The highest BCUT2D eigenvalue weighted by Gasteiger charge is 2.37. The van der Waals surface area contributed by atoms with Gasteiger partial charge in [-0.05, 0) is 31.4 Å². The summed E-state index contributed by atoms with van der Waals surface area (Å²) >= 11 is 0. The first-order chi connectivity index (χ1) is 12.1. The molecular weight excluding hydrogens is 322 g/mol. The van der Waals surface area contributed by atoms with Crippen LogP contribution in [0.4, 0.5) is 0 Å². The van der Waals surface area contributed by atoms with E-state index in [0.717, 1.165) is 18.5 Å². The predicted molar refractivity (Wildman–Crippen MR) is 90.7 cm³/mol. The predicted octanol–water partition coefficient (Wildman–Crippen LogP) is 0.899. The topological polar surface area (TPSA) is 91.8 Å². The number of pyridine rings is 1. The maximum Gasteiger partial charge on any atom is 0.307 e. The number of nitrogens with one attached hydrogen (secondary N) is 1. The molecule has 7 nitrogen and oxygen atoms in total. The van der Waals surface area contributed by atoms with Crippen LogP contribution in [0.2, 0.25) is 0 Å². The minimum Gasteiger partial charge on any atom is -0.481 e. The van der Waals surface area contributed by atoms with Gasteiger partial charge in [-0.2, -0.15) is 0 Å². The molecule has 0 saturated carbocycles. The Kier molecular flexibility index (Phi) is 5.99. The van der Waals surface area contributed by atoms with Crippen molar-refractivity contribution in [1.29, 1.82) is 0 Å². The number of rotatable bonds is 5. The molecule has 1 aromatic rings. The highest BCUT2D eigenvalue weighted by Crippen LogP contribution is 2.27. The molecule has 136 valence electrons. The third kappa shape index (κ3) is 4.76. The van der Waals surface area contributed by atoms with Gasteiger partial charge in [0.05, 0.1) is 24.1 Å². The van der Waals surface area contributed by atoms with Crippen LogP contribution in [0.1, 0.15) is 25.0 Å². The lowest BCUT2D eigenvalue weighted by Gasteiger charge is -2.41. The van der Waals surface area contributed by atoms with E-state index in [1.54, 1.807) is 6.20 Å². The van der Waals surface area contributed by atoms with Crippen LogP contribution in [0, 0.1) is 11.8 Å². The fraction of sp³-hybridized carbons (Fsp3) is 0.611. The molecular formula is C18H25N3O4. The first-order valence-electron chi connectivity index (χ1n) is 8.85. The fourth-order valence-electron chi connectivity index (χ4n) is 3.68. The molecule has 0 spiro atoms. The van der Waals surface area contributed by atoms with Crippen molar-refractivity contribution < 1.29 is 19.4 Å². The average Bonchev–Trinajstić information content (AvgIpc) is 2.67. The number of carboxylic acid groups (broad SMARTS) is 1. The number of nitrogens with zero attached hydrogens (tertiary/aromatic N) is 2. The molecule has 0 aliphatic carbocycles. The van der Waals surface area contributed by atoms with Crippen LogP contribution in [-0.4, -0.2) is 59.2 Å². The zero-order chi connectivity index (χ0) is 17.6. The van der Waals surface area contributed by atoms with E-state index in [2.05, 4.69) is 15.2 Å². The Labute approximate surface area is 147 Å². The average molecular weight is 347 g/mol. The number of piperidine rings is 1. The Bertz CT molecular complexity index is 589. The molecule has 1 aromatic heterocycles. The summed E-state index contributed by atoms with van der Waals surface area (Å²) in [6, 6.07) is 5.87. The zero-order valence-corrected chi connectivity index (χ0v) is 14.3. The summed E-state index contributed by atoms with van der Waals surface area (Å²) in [5.74, 6) is -1.71. The molecule has 25 heavy (non-hydrogen) atoms. The lowest BCUT2D eigenvalue weighted by molar-refractivity contribution is -0.146. The molecule has 2 saturated heterocycles. The highest BCUT2D eigenvalue weighted by molar-refractivity contribution is 5.80. The van der Waals surface area contributed by atoms with Crippen LogP contribution >= 0.6 is 0 Å². The van der Waals surface area contributed by atoms with E-state index in [9.17, 15) is 14.7 Å². The summed E-state index contributed by atoms with van der Waals surface area (Å²) in [7, 11) is 0. The molecule has 2 fully saturated rings. The lowest BCUT2D eigenvalue weighted by atomic mass is 9.86. The fourth-order valence-corrected chi connectivity index (χ4v) is 3.68. The lowest BCUT2D eigenvalue weighted by Crippen LogP contribution is -2.52. The van der Waals surface area contributed by atoms with Gasteiger partial charge in [0.2, 0.25) is 5.91 Å². The highest BCUT2D eigenvalue weighted by atomic mass is 16.5. The van der Waals surface area contributed by atoms with Gasteiger partial charge in [-0.3, -0.25) is 19.5 Å². The van der Waals surface area contributed by atoms with Crippen LogP contribution in [-0.2, 0) is 20.9 Å². The number of aliphatic carboxylic acids is 1. The van der Waals surface area contributed by atoms with Crippen molar-refractivity contribution in [2.45, 2.75) is 31.8 Å². The molecule has 3 rings (SSSR count). The Morgan fingerprint density at radius 3 is 2.68 bits per heavy atom. The molecule has 2 N–H and O–H groups in total. The number of aromatic nitrogens is 1. The molecule has 0 radical (unpaired) electrons. The number of carboxylic acids is 1. The standard InChI is InChI=1S/C18H25N3O4/c22-17(20-10-15-3-1-2-6-19-15)13-9-14(18(23)24)12-21(11-13)16-4-7-25-8-5-16/h1-3,6,13-14,16H,4-5,7-12H2,(H,20,22)(H,23,24)/t13-,14+/m1/s1. The smallest absolute Gasteiger partial charge is 0.307 e. The van der Waals surface area contributed by atoms with E-state index in [1.807, 2.05) is 18.2 Å². The number of hydrogen-bond donors (Lipinski definition) is 2. The van der Waals surface area contributed by atoms with Crippen molar-refractivity contribution in [1.82, 2.24) is 15.2 Å². The summed E-state index contributed by atoms with van der Waals surface area (Å²) in [4.78, 5) is 30.5. The van der Waals surface area contributed by atoms with Crippen LogP contribution < -0.4 is 5.32 Å². The Hall–Kier alpha value is -1.99. The third-order valence-electron chi connectivity index (χ3n) is 5.08. The first-order valence-corrected chi connectivity index (χ1v) is 8.85. The van der Waals surface area contributed by atoms with Crippen molar-refractivity contribution in [3.05, 3.63) is 30.1 Å². The van der Waals surface area contributed by atoms with Crippen molar-refractivity contribution in [2.24, 2.45) is 11.8 Å². The van der Waals surface area contributed by atoms with Gasteiger partial charge in [0.15, 0.2) is 0 Å². The number of ether oxygens (including phenoxy) is 1. The minimum atomic E-state index is -0.820. The van der Waals surface area contributed by atoms with Gasteiger partial charge in [0, 0.05) is 38.5 Å². The number of carbonyl (C=O) groups is 2. The van der Waals surface area contributed by atoms with Crippen molar-refractivity contribution in [3.63, 3.8) is 0 Å². The van der Waals surface area contributed by atoms with Crippen molar-refractivity contribution in [2.75, 3.05) is 26.3 Å². The van der Waals surface area contributed by atoms with E-state index in [4.69, 9.17) is 4.74 Å². The van der Waals surface area contributed by atoms with Gasteiger partial charge >= 0.3 is 5.97 Å². The Morgan fingerprint density at radius 2 is 2.00 bits per heavy atom. The molecule has 3 heterocycles. The van der Waals surface area contributed by atoms with Gasteiger partial charge in [-0.25, -0.2) is 0 Å². The van der Waals surface area contributed by atoms with Crippen molar-refractivity contribution >= 4 is 11.9 Å². The molecule has 2 atom stereocenters. The Balaban J connectivity index is 1.61. The second-order valence-corrected chi connectivity index (χ2v) is 6.80. The number of likely N-dealkylation sites (tertiary alicyclic amines) is 1. The largest absolute Gasteiger partial charge is 0.481 e. The van der Waals surface area contributed by atoms with Crippen molar-refractivity contribution in [3.8, 4) is 0 Å². The van der Waals surface area contributed by atoms with E-state index in [0.29, 0.717) is 45.3 Å². The third-order valence-corrected chi connectivity index (χ3v) is 5.08. The summed E-state index contributed by atoms with van der Waals surface area (Å²) < 4.78 is 5.40. The second kappa shape index (κ2) is 8.40. The maximum atomic E-state index is 12.6. The van der Waals surface area contributed by atoms with E-state index in [1.165, 1.54) is 0 Å². The second-order valence-electron chi connectivity index (χ2n) is 6.80. The Morgan fingerprint density at radius 1 is 1.24 bits per heavy atom. The number of carbonyl (C=O) groups excluding carboxylic acids is 1. The minimum absolute atomic E-state index is 0.0892. The van der Waals surface area contributed by atoms with E-state index >= 15 is 0 Å². The SMILES string of the molecule is O=C(O)[C@H]1C[C@@H](C(=O)NCc2ccccn2)CN(C2CCOCC2)C1. The number of hydrogen-bond acceptors (Lipinski definition) is 5. The van der Waals surface area contributed by atoms with Gasteiger partial charge < -0.3 is 15.2 Å². The van der Waals surface area contributed by atoms with Crippen LogP contribution in [0.25, 0.3) is 0 Å². The molecule has 0 unspecified atom stereocenters. The normalized spacial score (nSPS) is 25.4. The van der Waals surface area contributed by atoms with Gasteiger partial charge in [-0.15, -0.1) is 0 Å². The maximum absolute atomic E-state index is 12.6. The van der Waals surface area contributed by atoms with Gasteiger partial charge in [0.1, 0.15) is 0 Å². The molecule has 2 aliphatic rings. The monoisotopic (exact) mass is 347 g/mol. The van der Waals surface area contributed by atoms with Gasteiger partial charge in [0.25, 0.3) is 0 Å². The van der Waals surface area contributed by atoms with Gasteiger partial charge in [-0.1, -0.05) is 6.07 Å². The van der Waals surface area contributed by atoms with E-state index in [-0.39, 0.29) is 11.8 Å². The summed E-state index contributed by atoms with van der Waals surface area (Å²) in [5.41, 5.74) is 0.794. The molecule has 0 aromatic carbocycles. The first kappa shape index (κ1) is 17.8. The summed E-state index contributed by atoms with van der Waals surface area (Å²) in [6.07, 6.45) is 3.88. The molecule has 7 heteroatoms. The molecule has 1 amide bonds. The molecule has 0 bridgehead atoms. The van der Waals surface area contributed by atoms with Crippen LogP contribution in [0.3, 0.4) is 0 Å². The van der Waals surface area contributed by atoms with Crippen LogP contribution in [0.5, 0.6) is 0 Å². The quantitative estimate of drug-likeness (QED) is 0.822. The molecule has 2 aliphatic heterocycles.